The molecule has 1 saturated carbocycles. The monoisotopic (exact) mass is 801 g/mol. The number of benzene rings is 2. The number of nitrogens with zero attached hydrogens (tertiary/aromatic N) is 5. The lowest BCUT2D eigenvalue weighted by Crippen LogP contribution is -2.64. The molecule has 2 atom stereocenters. The van der Waals surface area contributed by atoms with Gasteiger partial charge in [0.25, 0.3) is 0 Å². The van der Waals surface area contributed by atoms with E-state index in [1.165, 1.54) is 20.3 Å². The minimum absolute atomic E-state index is 0.00381. The summed E-state index contributed by atoms with van der Waals surface area (Å²) in [5.74, 6) is 3.49. The van der Waals surface area contributed by atoms with Crippen molar-refractivity contribution in [2.45, 2.75) is 128 Å². The first kappa shape index (κ1) is 40.8. The van der Waals surface area contributed by atoms with Crippen molar-refractivity contribution in [3.63, 3.8) is 0 Å². The van der Waals surface area contributed by atoms with E-state index in [-0.39, 0.29) is 53.7 Å². The highest BCUT2D eigenvalue weighted by atomic mass is 28.3. The number of pyridine rings is 1. The van der Waals surface area contributed by atoms with Gasteiger partial charge in [0.1, 0.15) is 41.8 Å². The number of carbonyl (C=O) groups is 1. The highest BCUT2D eigenvalue weighted by molar-refractivity contribution is 6.90. The van der Waals surface area contributed by atoms with Gasteiger partial charge < -0.3 is 28.7 Å². The molecule has 306 valence electrons. The highest BCUT2D eigenvalue weighted by Gasteiger charge is 2.46. The quantitative estimate of drug-likeness (QED) is 0.0890. The van der Waals surface area contributed by atoms with Crippen LogP contribution < -0.4 is 14.4 Å². The second-order valence-electron chi connectivity index (χ2n) is 17.9. The number of amides is 1. The van der Waals surface area contributed by atoms with Crippen LogP contribution in [0.25, 0.3) is 32.9 Å². The largest absolute Gasteiger partial charge is 0.480 e. The molecule has 0 spiro atoms. The van der Waals surface area contributed by atoms with Crippen LogP contribution >= 0.6 is 0 Å². The van der Waals surface area contributed by atoms with Crippen LogP contribution in [0.2, 0.25) is 16.6 Å². The summed E-state index contributed by atoms with van der Waals surface area (Å²) in [5.41, 5.74) is 4.88. The Balaban J connectivity index is 1.43. The number of ether oxygens (including phenoxy) is 4. The molecule has 0 radical (unpaired) electrons. The second-order valence-corrected chi connectivity index (χ2v) is 23.4. The Hall–Kier alpha value is -4.41. The third-order valence-corrected chi connectivity index (χ3v) is 18.4. The average Bonchev–Trinajstić information content (AvgIpc) is 3.93. The number of fused-ring (bicyclic) bond motifs is 5. The molecule has 3 saturated heterocycles. The smallest absolute Gasteiger partial charge is 0.410 e. The predicted molar refractivity (Wildman–Crippen MR) is 223 cm³/mol. The Labute approximate surface area is 336 Å². The molecule has 1 amide bonds. The Kier molecular flexibility index (Phi) is 11.0. The van der Waals surface area contributed by atoms with Gasteiger partial charge in [-0.15, -0.1) is 5.54 Å². The number of rotatable bonds is 10. The molecular weight excluding hydrogens is 745 g/mol. The SMILES string of the molecule is COCOc1cc(-c2nc(OC)c3c(N4C[C@H]5CC[C@H]4CN5C(=O)OC(C)(C)C)nn(C4CC4)c3c2F)c2c(C#C[Si](C(C)C)(C(C)C)C(C)C)c(F)ccc2c1. The number of anilines is 1. The van der Waals surface area contributed by atoms with E-state index in [9.17, 15) is 4.79 Å². The number of hydrogen-bond acceptors (Lipinski definition) is 8. The van der Waals surface area contributed by atoms with Crippen LogP contribution in [-0.2, 0) is 9.47 Å². The minimum Gasteiger partial charge on any atom is -0.480 e. The van der Waals surface area contributed by atoms with Crippen LogP contribution in [0, 0.1) is 23.1 Å². The van der Waals surface area contributed by atoms with E-state index in [2.05, 4.69) is 57.9 Å². The number of halogens is 2. The van der Waals surface area contributed by atoms with Crippen LogP contribution in [0.3, 0.4) is 0 Å². The lowest BCUT2D eigenvalue weighted by Gasteiger charge is -2.51. The van der Waals surface area contributed by atoms with E-state index in [0.29, 0.717) is 63.0 Å². The van der Waals surface area contributed by atoms with Gasteiger partial charge in [-0.1, -0.05) is 53.5 Å². The number of hydrogen-bond donors (Lipinski definition) is 0. The highest BCUT2D eigenvalue weighted by Crippen LogP contribution is 2.48. The van der Waals surface area contributed by atoms with E-state index >= 15 is 8.78 Å². The van der Waals surface area contributed by atoms with Crippen molar-refractivity contribution in [3.8, 4) is 34.4 Å². The molecule has 1 aliphatic carbocycles. The molecular formula is C44H57F2N5O5Si. The molecule has 8 rings (SSSR count). The maximum Gasteiger partial charge on any atom is 0.410 e. The number of carbonyl (C=O) groups excluding carboxylic acids is 1. The number of piperidine rings is 2. The summed E-state index contributed by atoms with van der Waals surface area (Å²) in [6.07, 6.45) is 3.07. The maximum absolute atomic E-state index is 17.8. The fraction of sp³-hybridized carbons (Fsp3) is 0.568. The van der Waals surface area contributed by atoms with Crippen LogP contribution in [0.15, 0.2) is 24.3 Å². The zero-order valence-corrected chi connectivity index (χ0v) is 36.3. The Morgan fingerprint density at radius 1 is 0.930 bits per heavy atom. The molecule has 10 nitrogen and oxygen atoms in total. The maximum atomic E-state index is 17.8. The van der Waals surface area contributed by atoms with Crippen molar-refractivity contribution in [1.29, 1.82) is 0 Å². The van der Waals surface area contributed by atoms with E-state index in [1.807, 2.05) is 25.7 Å². The minimum atomic E-state index is -2.29. The summed E-state index contributed by atoms with van der Waals surface area (Å²) in [6, 6.07) is 6.43. The normalized spacial score (nSPS) is 18.6. The molecule has 4 aliphatic rings. The van der Waals surface area contributed by atoms with Crippen LogP contribution in [-0.4, -0.2) is 85.6 Å². The van der Waals surface area contributed by atoms with Gasteiger partial charge in [0, 0.05) is 37.2 Å². The van der Waals surface area contributed by atoms with Gasteiger partial charge in [0.05, 0.1) is 24.8 Å². The van der Waals surface area contributed by atoms with Crippen LogP contribution in [0.4, 0.5) is 19.4 Å². The molecule has 2 bridgehead atoms. The third kappa shape index (κ3) is 7.33. The van der Waals surface area contributed by atoms with Gasteiger partial charge in [0.15, 0.2) is 18.4 Å². The topological polar surface area (TPSA) is 91.2 Å². The van der Waals surface area contributed by atoms with Crippen LogP contribution in [0.1, 0.15) is 99.6 Å². The summed E-state index contributed by atoms with van der Waals surface area (Å²) in [6.45, 7) is 19.9. The number of aromatic nitrogens is 3. The molecule has 3 aliphatic heterocycles. The van der Waals surface area contributed by atoms with E-state index in [4.69, 9.17) is 29.0 Å². The standard InChI is InChI=1S/C44H57F2N5O5Si/c1-25(2)57(26(3)4,27(5)6)19-18-33-35(45)17-12-28-20-32(55-24-53-10)21-34(36(28)33)39-38(46)40-37(42(47-39)54-11)41(48-51(40)29-13-14-29)49-22-31-16-15-30(49)23-50(31)43(52)56-44(7,8)9/h12,17,20-21,25-27,29-31H,13-16,22-24H2,1-11H3/t30-,31+/m0/s1. The summed E-state index contributed by atoms with van der Waals surface area (Å²) in [4.78, 5) is 22.1. The fourth-order valence-electron chi connectivity index (χ4n) is 9.43. The number of methoxy groups -OCH3 is 2. The van der Waals surface area contributed by atoms with Gasteiger partial charge in [0.2, 0.25) is 5.88 Å². The first-order valence-corrected chi connectivity index (χ1v) is 22.6. The first-order valence-electron chi connectivity index (χ1n) is 20.3. The Morgan fingerprint density at radius 2 is 1.60 bits per heavy atom. The number of piperazine rings is 1. The van der Waals surface area contributed by atoms with Crippen LogP contribution in [0.5, 0.6) is 11.6 Å². The molecule has 4 aromatic rings. The van der Waals surface area contributed by atoms with Crippen molar-refractivity contribution in [2.75, 3.05) is 39.0 Å². The molecule has 2 aromatic heterocycles. The summed E-state index contributed by atoms with van der Waals surface area (Å²) in [7, 11) is 0.764. The Morgan fingerprint density at radius 3 is 2.18 bits per heavy atom. The lowest BCUT2D eigenvalue weighted by molar-refractivity contribution is 0.000793. The molecule has 2 aromatic carbocycles. The van der Waals surface area contributed by atoms with Gasteiger partial charge in [-0.2, -0.15) is 5.10 Å². The van der Waals surface area contributed by atoms with E-state index in [1.54, 1.807) is 22.9 Å². The van der Waals surface area contributed by atoms with Crippen molar-refractivity contribution in [1.82, 2.24) is 19.7 Å². The second kappa shape index (κ2) is 15.4. The predicted octanol–water partition coefficient (Wildman–Crippen LogP) is 10.0. The molecule has 57 heavy (non-hydrogen) atoms. The average molecular weight is 802 g/mol. The van der Waals surface area contributed by atoms with Crippen molar-refractivity contribution in [2.24, 2.45) is 0 Å². The van der Waals surface area contributed by atoms with Crippen molar-refractivity contribution >= 4 is 41.7 Å². The zero-order valence-electron chi connectivity index (χ0n) is 35.3. The van der Waals surface area contributed by atoms with E-state index in [0.717, 1.165) is 25.7 Å². The zero-order chi connectivity index (χ0) is 41.1. The van der Waals surface area contributed by atoms with Gasteiger partial charge in [-0.25, -0.2) is 18.6 Å². The third-order valence-electron chi connectivity index (χ3n) is 12.2. The Bertz CT molecular complexity index is 2230. The summed E-state index contributed by atoms with van der Waals surface area (Å²) in [5, 5.41) is 6.67. The lowest BCUT2D eigenvalue weighted by atomic mass is 9.91. The van der Waals surface area contributed by atoms with Crippen molar-refractivity contribution < 1.29 is 32.5 Å². The summed E-state index contributed by atoms with van der Waals surface area (Å²) < 4.78 is 58.8. The molecule has 13 heteroatoms. The molecule has 5 heterocycles. The van der Waals surface area contributed by atoms with Crippen molar-refractivity contribution in [3.05, 3.63) is 41.5 Å². The van der Waals surface area contributed by atoms with Gasteiger partial charge in [-0.3, -0.25) is 4.68 Å². The summed E-state index contributed by atoms with van der Waals surface area (Å²) >= 11 is 0. The van der Waals surface area contributed by atoms with Gasteiger partial charge >= 0.3 is 6.09 Å². The fourth-order valence-corrected chi connectivity index (χ4v) is 14.6. The van der Waals surface area contributed by atoms with E-state index < -0.39 is 25.3 Å². The molecule has 0 unspecified atom stereocenters. The van der Waals surface area contributed by atoms with Gasteiger partial charge in [-0.05, 0) is 86.7 Å². The molecule has 4 fully saturated rings. The first-order chi connectivity index (χ1) is 27.0. The molecule has 0 N–H and O–H groups in total.